The van der Waals surface area contributed by atoms with Crippen molar-refractivity contribution in [2.24, 2.45) is 0 Å². The van der Waals surface area contributed by atoms with Crippen molar-refractivity contribution in [2.75, 3.05) is 44.6 Å². The van der Waals surface area contributed by atoms with Gasteiger partial charge in [-0.3, -0.25) is 19.4 Å². The van der Waals surface area contributed by atoms with E-state index < -0.39 is 0 Å². The van der Waals surface area contributed by atoms with E-state index in [2.05, 4.69) is 45.6 Å². The van der Waals surface area contributed by atoms with Crippen LogP contribution in [-0.4, -0.2) is 60.9 Å². The molecule has 1 heterocycles. The number of para-hydroxylation sites is 1. The molecule has 2 amide bonds. The molecule has 0 radical (unpaired) electrons. The van der Waals surface area contributed by atoms with E-state index in [0.717, 1.165) is 38.3 Å². The summed E-state index contributed by atoms with van der Waals surface area (Å²) < 4.78 is 0. The highest BCUT2D eigenvalue weighted by Gasteiger charge is 2.21. The fourth-order valence-electron chi connectivity index (χ4n) is 4.63. The van der Waals surface area contributed by atoms with E-state index in [9.17, 15) is 9.59 Å². The highest BCUT2D eigenvalue weighted by molar-refractivity contribution is 5.92. The third-order valence-corrected chi connectivity index (χ3v) is 6.51. The Hall–Kier alpha value is -2.70. The number of aryl methyl sites for hydroxylation is 2. The summed E-state index contributed by atoms with van der Waals surface area (Å²) >= 11 is 0. The molecule has 2 aromatic carbocycles. The van der Waals surface area contributed by atoms with Gasteiger partial charge in [0.1, 0.15) is 0 Å². The minimum absolute atomic E-state index is 0.00117. The third-order valence-electron chi connectivity index (χ3n) is 6.51. The molecule has 32 heavy (non-hydrogen) atoms. The number of nitrogens with one attached hydrogen (secondary N) is 2. The number of amides is 2. The van der Waals surface area contributed by atoms with E-state index in [1.807, 2.05) is 30.3 Å². The van der Waals surface area contributed by atoms with Gasteiger partial charge in [0.2, 0.25) is 11.8 Å². The topological polar surface area (TPSA) is 64.7 Å². The van der Waals surface area contributed by atoms with Crippen LogP contribution in [0.2, 0.25) is 0 Å². The van der Waals surface area contributed by atoms with Gasteiger partial charge in [-0.05, 0) is 61.4 Å². The van der Waals surface area contributed by atoms with Gasteiger partial charge in [-0.1, -0.05) is 36.4 Å². The van der Waals surface area contributed by atoms with Gasteiger partial charge in [0.25, 0.3) is 0 Å². The average molecular weight is 435 g/mol. The molecule has 0 spiro atoms. The van der Waals surface area contributed by atoms with Crippen molar-refractivity contribution in [1.82, 2.24) is 15.1 Å². The second kappa shape index (κ2) is 10.7. The summed E-state index contributed by atoms with van der Waals surface area (Å²) in [6.07, 6.45) is 4.87. The number of fused-ring (bicyclic) bond motifs is 1. The number of anilines is 1. The largest absolute Gasteiger partial charge is 0.348 e. The maximum absolute atomic E-state index is 12.6. The maximum atomic E-state index is 12.6. The molecule has 1 atom stereocenters. The average Bonchev–Trinajstić information content (AvgIpc) is 2.80. The van der Waals surface area contributed by atoms with Gasteiger partial charge in [-0.25, -0.2) is 0 Å². The van der Waals surface area contributed by atoms with Crippen LogP contribution in [0.4, 0.5) is 5.69 Å². The van der Waals surface area contributed by atoms with Crippen molar-refractivity contribution >= 4 is 17.5 Å². The lowest BCUT2D eigenvalue weighted by Crippen LogP contribution is -2.51. The highest BCUT2D eigenvalue weighted by Crippen LogP contribution is 2.24. The minimum Gasteiger partial charge on any atom is -0.348 e. The monoisotopic (exact) mass is 434 g/mol. The summed E-state index contributed by atoms with van der Waals surface area (Å²) in [5, 5.41) is 6.09. The number of rotatable bonds is 7. The van der Waals surface area contributed by atoms with Crippen LogP contribution >= 0.6 is 0 Å². The maximum Gasteiger partial charge on any atom is 0.238 e. The SMILES string of the molecule is CC(NC(=O)CN1CCN(CC(=O)Nc2ccccc2)CC1)c1ccc2c(c1)CCCC2. The van der Waals surface area contributed by atoms with Crippen LogP contribution < -0.4 is 10.6 Å². The molecule has 1 unspecified atom stereocenters. The van der Waals surface area contributed by atoms with Gasteiger partial charge >= 0.3 is 0 Å². The van der Waals surface area contributed by atoms with Crippen molar-refractivity contribution in [3.63, 3.8) is 0 Å². The first-order valence-corrected chi connectivity index (χ1v) is 11.8. The summed E-state index contributed by atoms with van der Waals surface area (Å²) in [7, 11) is 0. The van der Waals surface area contributed by atoms with Gasteiger partial charge in [0, 0.05) is 31.9 Å². The Kier molecular flexibility index (Phi) is 7.55. The van der Waals surface area contributed by atoms with Gasteiger partial charge in [0.05, 0.1) is 19.1 Å². The van der Waals surface area contributed by atoms with Crippen LogP contribution in [0.3, 0.4) is 0 Å². The van der Waals surface area contributed by atoms with Crippen molar-refractivity contribution in [3.05, 3.63) is 65.2 Å². The van der Waals surface area contributed by atoms with Gasteiger partial charge in [-0.2, -0.15) is 0 Å². The zero-order valence-corrected chi connectivity index (χ0v) is 19.0. The van der Waals surface area contributed by atoms with E-state index in [-0.39, 0.29) is 17.9 Å². The fraction of sp³-hybridized carbons (Fsp3) is 0.462. The van der Waals surface area contributed by atoms with Crippen molar-refractivity contribution in [1.29, 1.82) is 0 Å². The van der Waals surface area contributed by atoms with E-state index in [1.54, 1.807) is 0 Å². The number of hydrogen-bond acceptors (Lipinski definition) is 4. The van der Waals surface area contributed by atoms with Crippen molar-refractivity contribution < 1.29 is 9.59 Å². The lowest BCUT2D eigenvalue weighted by molar-refractivity contribution is -0.124. The first-order valence-electron chi connectivity index (χ1n) is 11.8. The molecule has 4 rings (SSSR count). The molecule has 6 nitrogen and oxygen atoms in total. The molecule has 2 N–H and O–H groups in total. The molecule has 6 heteroatoms. The first kappa shape index (κ1) is 22.5. The lowest BCUT2D eigenvalue weighted by Gasteiger charge is -2.34. The van der Waals surface area contributed by atoms with E-state index in [1.165, 1.54) is 36.0 Å². The highest BCUT2D eigenvalue weighted by atomic mass is 16.2. The van der Waals surface area contributed by atoms with E-state index in [0.29, 0.717) is 13.1 Å². The first-order chi connectivity index (χ1) is 15.6. The lowest BCUT2D eigenvalue weighted by atomic mass is 9.89. The summed E-state index contributed by atoms with van der Waals surface area (Å²) in [5.74, 6) is 0.0618. The van der Waals surface area contributed by atoms with Crippen LogP contribution in [0.1, 0.15) is 42.5 Å². The zero-order valence-electron chi connectivity index (χ0n) is 19.0. The Morgan fingerprint density at radius 2 is 1.47 bits per heavy atom. The van der Waals surface area contributed by atoms with Crippen molar-refractivity contribution in [3.8, 4) is 0 Å². The predicted octanol–water partition coefficient (Wildman–Crippen LogP) is 3.00. The molecule has 1 fully saturated rings. The molecule has 2 aromatic rings. The van der Waals surface area contributed by atoms with Crippen molar-refractivity contribution in [2.45, 2.75) is 38.6 Å². The summed E-state index contributed by atoms with van der Waals surface area (Å²) in [6, 6.07) is 16.2. The molecule has 1 saturated heterocycles. The molecule has 1 aliphatic heterocycles. The summed E-state index contributed by atoms with van der Waals surface area (Å²) in [6.45, 7) is 6.00. The van der Waals surface area contributed by atoms with Crippen LogP contribution in [0, 0.1) is 0 Å². The quantitative estimate of drug-likeness (QED) is 0.703. The molecule has 0 saturated carbocycles. The number of carbonyl (C=O) groups excluding carboxylic acids is 2. The summed E-state index contributed by atoms with van der Waals surface area (Å²) in [5.41, 5.74) is 4.92. The molecule has 1 aliphatic carbocycles. The van der Waals surface area contributed by atoms with Crippen LogP contribution in [-0.2, 0) is 22.4 Å². The molecule has 0 bridgehead atoms. The number of piperazine rings is 1. The minimum atomic E-state index is 0.00117. The smallest absolute Gasteiger partial charge is 0.238 e. The van der Waals surface area contributed by atoms with E-state index >= 15 is 0 Å². The van der Waals surface area contributed by atoms with Gasteiger partial charge in [-0.15, -0.1) is 0 Å². The molecule has 170 valence electrons. The zero-order chi connectivity index (χ0) is 22.3. The second-order valence-corrected chi connectivity index (χ2v) is 8.99. The standard InChI is InChI=1S/C26H34N4O2/c1-20(22-12-11-21-7-5-6-8-23(21)17-22)27-25(31)18-29-13-15-30(16-14-29)19-26(32)28-24-9-3-2-4-10-24/h2-4,9-12,17,20H,5-8,13-16,18-19H2,1H3,(H,27,31)(H,28,32). The number of carbonyl (C=O) groups is 2. The van der Waals surface area contributed by atoms with Crippen LogP contribution in [0.25, 0.3) is 0 Å². The Morgan fingerprint density at radius 3 is 2.16 bits per heavy atom. The Morgan fingerprint density at radius 1 is 0.844 bits per heavy atom. The Labute approximate surface area is 191 Å². The third kappa shape index (κ3) is 6.17. The molecule has 0 aromatic heterocycles. The van der Waals surface area contributed by atoms with Gasteiger partial charge in [0.15, 0.2) is 0 Å². The van der Waals surface area contributed by atoms with E-state index in [4.69, 9.17) is 0 Å². The number of hydrogen-bond donors (Lipinski definition) is 2. The Balaban J connectivity index is 1.18. The number of nitrogens with zero attached hydrogens (tertiary/aromatic N) is 2. The van der Waals surface area contributed by atoms with Crippen LogP contribution in [0.5, 0.6) is 0 Å². The molecular weight excluding hydrogens is 400 g/mol. The molecule has 2 aliphatic rings. The Bertz CT molecular complexity index is 923. The van der Waals surface area contributed by atoms with Crippen LogP contribution in [0.15, 0.2) is 48.5 Å². The number of benzene rings is 2. The predicted molar refractivity (Wildman–Crippen MR) is 128 cm³/mol. The fourth-order valence-corrected chi connectivity index (χ4v) is 4.63. The second-order valence-electron chi connectivity index (χ2n) is 8.99. The normalized spacial score (nSPS) is 17.9. The summed E-state index contributed by atoms with van der Waals surface area (Å²) in [4.78, 5) is 29.2. The molecular formula is C26H34N4O2. The van der Waals surface area contributed by atoms with Gasteiger partial charge < -0.3 is 10.6 Å².